The summed E-state index contributed by atoms with van der Waals surface area (Å²) in [5.74, 6) is 0.663. The average molecular weight is 969 g/mol. The van der Waals surface area contributed by atoms with Gasteiger partial charge in [0.25, 0.3) is 0 Å². The van der Waals surface area contributed by atoms with Gasteiger partial charge in [0.1, 0.15) is 0 Å². The summed E-state index contributed by atoms with van der Waals surface area (Å²) in [6, 6.07) is 96.2. The summed E-state index contributed by atoms with van der Waals surface area (Å²) in [6.45, 7) is 0. The molecule has 354 valence electrons. The normalized spacial score (nSPS) is 11.9. The van der Waals surface area contributed by atoms with Gasteiger partial charge in [0.05, 0.1) is 61.2 Å². The van der Waals surface area contributed by atoms with Crippen molar-refractivity contribution in [3.63, 3.8) is 0 Å². The molecule has 0 radical (unpaired) electrons. The molecule has 16 rings (SSSR count). The fraction of sp³-hybridized carbons (Fsp3) is 0. The molecule has 0 aliphatic rings. The van der Waals surface area contributed by atoms with Crippen molar-refractivity contribution in [2.45, 2.75) is 0 Å². The maximum atomic E-state index is 5.74. The van der Waals surface area contributed by atoms with Gasteiger partial charge in [-0.05, 0) is 84.9 Å². The third-order valence-corrected chi connectivity index (χ3v) is 15.5. The zero-order valence-corrected chi connectivity index (χ0v) is 41.1. The Kier molecular flexibility index (Phi) is 9.23. The van der Waals surface area contributed by atoms with Crippen LogP contribution >= 0.6 is 0 Å². The van der Waals surface area contributed by atoms with Crippen LogP contribution in [0.25, 0.3) is 144 Å². The summed E-state index contributed by atoms with van der Waals surface area (Å²) in [5.41, 5.74) is 18.1. The number of benzene rings is 11. The molecule has 0 spiro atoms. The molecule has 6 nitrogen and oxygen atoms in total. The molecule has 5 heterocycles. The van der Waals surface area contributed by atoms with E-state index in [9.17, 15) is 0 Å². The van der Waals surface area contributed by atoms with Gasteiger partial charge in [-0.15, -0.1) is 0 Å². The fourth-order valence-corrected chi connectivity index (χ4v) is 12.4. The highest BCUT2D eigenvalue weighted by Crippen LogP contribution is 2.49. The largest absolute Gasteiger partial charge is 0.309 e. The van der Waals surface area contributed by atoms with Crippen molar-refractivity contribution < 1.29 is 0 Å². The Morgan fingerprint density at radius 2 is 0.658 bits per heavy atom. The number of aromatic nitrogens is 6. The van der Waals surface area contributed by atoms with Crippen molar-refractivity contribution in [2.24, 2.45) is 0 Å². The lowest BCUT2D eigenvalue weighted by Crippen LogP contribution is -2.02. The van der Waals surface area contributed by atoms with Crippen molar-refractivity contribution >= 4 is 87.2 Å². The van der Waals surface area contributed by atoms with Crippen LogP contribution < -0.4 is 0 Å². The third kappa shape index (κ3) is 6.16. The third-order valence-electron chi connectivity index (χ3n) is 15.5. The molecule has 11 aromatic carbocycles. The smallest absolute Gasteiger partial charge is 0.160 e. The van der Waals surface area contributed by atoms with E-state index in [2.05, 4.69) is 285 Å². The van der Waals surface area contributed by atoms with Crippen LogP contribution in [0.15, 0.2) is 267 Å². The maximum absolute atomic E-state index is 5.74. The van der Waals surface area contributed by atoms with Crippen LogP contribution in [0.3, 0.4) is 0 Å². The molecular weight excluding hydrogens is 925 g/mol. The molecule has 0 unspecified atom stereocenters. The van der Waals surface area contributed by atoms with Crippen LogP contribution in [-0.2, 0) is 0 Å². The zero-order valence-electron chi connectivity index (χ0n) is 41.1. The van der Waals surface area contributed by atoms with E-state index in [1.54, 1.807) is 0 Å². The summed E-state index contributed by atoms with van der Waals surface area (Å²) in [5, 5.41) is 9.37. The van der Waals surface area contributed by atoms with E-state index in [0.29, 0.717) is 5.82 Å². The lowest BCUT2D eigenvalue weighted by atomic mass is 9.98. The second-order valence-electron chi connectivity index (χ2n) is 19.7. The molecule has 6 heteroatoms. The minimum absolute atomic E-state index is 0.663. The molecule has 0 fully saturated rings. The monoisotopic (exact) mass is 968 g/mol. The van der Waals surface area contributed by atoms with E-state index in [1.165, 1.54) is 32.3 Å². The highest BCUT2D eigenvalue weighted by Gasteiger charge is 2.28. The molecule has 0 atom stereocenters. The molecule has 0 bridgehead atoms. The van der Waals surface area contributed by atoms with Crippen molar-refractivity contribution in [1.29, 1.82) is 0 Å². The van der Waals surface area contributed by atoms with Crippen LogP contribution in [0.4, 0.5) is 0 Å². The second-order valence-corrected chi connectivity index (χ2v) is 19.7. The van der Waals surface area contributed by atoms with E-state index >= 15 is 0 Å². The van der Waals surface area contributed by atoms with E-state index in [4.69, 9.17) is 9.97 Å². The number of rotatable bonds is 7. The Labute approximate surface area is 436 Å². The van der Waals surface area contributed by atoms with Crippen LogP contribution in [0, 0.1) is 0 Å². The van der Waals surface area contributed by atoms with Gasteiger partial charge in [-0.2, -0.15) is 0 Å². The zero-order chi connectivity index (χ0) is 49.8. The first kappa shape index (κ1) is 42.2. The lowest BCUT2D eigenvalue weighted by molar-refractivity contribution is 1.15. The molecule has 76 heavy (non-hydrogen) atoms. The first-order valence-corrected chi connectivity index (χ1v) is 25.9. The Hall–Kier alpha value is -10.3. The quantitative estimate of drug-likeness (QED) is 0.160. The molecule has 0 aliphatic heterocycles. The van der Waals surface area contributed by atoms with E-state index in [1.807, 2.05) is 0 Å². The van der Waals surface area contributed by atoms with Crippen LogP contribution in [0.1, 0.15) is 0 Å². The second kappa shape index (κ2) is 16.6. The van der Waals surface area contributed by atoms with E-state index in [0.717, 1.165) is 106 Å². The number of hydrogen-bond donors (Lipinski definition) is 0. The molecule has 0 aliphatic carbocycles. The van der Waals surface area contributed by atoms with Crippen molar-refractivity contribution in [3.05, 3.63) is 267 Å². The van der Waals surface area contributed by atoms with Crippen LogP contribution in [0.5, 0.6) is 0 Å². The van der Waals surface area contributed by atoms with Gasteiger partial charge in [0.2, 0.25) is 0 Å². The Bertz CT molecular complexity index is 4890. The molecule has 0 saturated carbocycles. The van der Waals surface area contributed by atoms with Crippen LogP contribution in [-0.4, -0.2) is 28.2 Å². The van der Waals surface area contributed by atoms with Crippen LogP contribution in [0.2, 0.25) is 0 Å². The highest BCUT2D eigenvalue weighted by atomic mass is 15.0. The minimum atomic E-state index is 0.663. The van der Waals surface area contributed by atoms with Crippen molar-refractivity contribution in [1.82, 2.24) is 28.2 Å². The predicted octanol–water partition coefficient (Wildman–Crippen LogP) is 17.9. The molecule has 16 aromatic rings. The first-order chi connectivity index (χ1) is 37.8. The maximum Gasteiger partial charge on any atom is 0.160 e. The van der Waals surface area contributed by atoms with Gasteiger partial charge in [0.15, 0.2) is 5.82 Å². The van der Waals surface area contributed by atoms with Gasteiger partial charge >= 0.3 is 0 Å². The number of hydrogen-bond acceptors (Lipinski definition) is 2. The summed E-state index contributed by atoms with van der Waals surface area (Å²) in [4.78, 5) is 11.1. The number of nitrogens with zero attached hydrogens (tertiary/aromatic N) is 6. The van der Waals surface area contributed by atoms with Crippen molar-refractivity contribution in [3.8, 4) is 56.7 Å². The van der Waals surface area contributed by atoms with Gasteiger partial charge in [-0.25, -0.2) is 9.97 Å². The Balaban J connectivity index is 1.14. The summed E-state index contributed by atoms with van der Waals surface area (Å²) in [7, 11) is 0. The van der Waals surface area contributed by atoms with Gasteiger partial charge < -0.3 is 18.3 Å². The first-order valence-electron chi connectivity index (χ1n) is 25.9. The minimum Gasteiger partial charge on any atom is -0.309 e. The van der Waals surface area contributed by atoms with E-state index < -0.39 is 0 Å². The highest BCUT2D eigenvalue weighted by molar-refractivity contribution is 6.30. The summed E-state index contributed by atoms with van der Waals surface area (Å²) >= 11 is 0. The Morgan fingerprint density at radius 3 is 1.22 bits per heavy atom. The Morgan fingerprint density at radius 1 is 0.250 bits per heavy atom. The van der Waals surface area contributed by atoms with Gasteiger partial charge in [-0.1, -0.05) is 182 Å². The molecule has 0 saturated heterocycles. The molecule has 0 N–H and O–H groups in total. The summed E-state index contributed by atoms with van der Waals surface area (Å²) in [6.07, 6.45) is 0. The SMILES string of the molecule is c1ccc(-c2cc(-c3c(-n4c5ccccc5c5ccc6c(c7ccccc7n6-c6ccccc6)c54)ccc4c3c3ccc5c(c6ccccc6n5-c5ccccc5)c3n4-c3ccccc3)nc(-c3ccccc3)n2)cc1. The molecule has 0 amide bonds. The average Bonchev–Trinajstić information content (AvgIpc) is 4.40. The summed E-state index contributed by atoms with van der Waals surface area (Å²) < 4.78 is 9.88. The molecular formula is C70H44N6. The number of para-hydroxylation sites is 6. The standard InChI is InChI=1S/C70H44N6/c1-6-22-45(23-7-1)55-44-56(72-70(71-55)46-24-8-2-9-25-46)67-63(76-57-35-19-16-32-50(57)51-38-40-61-65(68(51)76)52-33-17-20-36-58(52)73(61)47-26-10-3-11-27-47)43-42-60-64(67)54-39-41-62-66(69(54)75(60)49-30-14-5-15-31-49)53-34-18-21-37-59(53)74(62)48-28-12-4-13-29-48/h1-44H. The van der Waals surface area contributed by atoms with E-state index in [-0.39, 0.29) is 0 Å². The topological polar surface area (TPSA) is 45.5 Å². The molecule has 5 aromatic heterocycles. The van der Waals surface area contributed by atoms with Gasteiger partial charge in [0, 0.05) is 76.8 Å². The van der Waals surface area contributed by atoms with Gasteiger partial charge in [-0.3, -0.25) is 0 Å². The lowest BCUT2D eigenvalue weighted by Gasteiger charge is -2.18. The van der Waals surface area contributed by atoms with Crippen molar-refractivity contribution in [2.75, 3.05) is 0 Å². The number of fused-ring (bicyclic) bond motifs is 14. The predicted molar refractivity (Wildman–Crippen MR) is 316 cm³/mol. The fourth-order valence-electron chi connectivity index (χ4n) is 12.4.